The van der Waals surface area contributed by atoms with E-state index < -0.39 is 0 Å². The van der Waals surface area contributed by atoms with E-state index in [1.54, 1.807) is 16.2 Å². The molecule has 0 aliphatic heterocycles. The number of rotatable bonds is 10. The van der Waals surface area contributed by atoms with Gasteiger partial charge in [-0.2, -0.15) is 0 Å². The summed E-state index contributed by atoms with van der Waals surface area (Å²) in [7, 11) is 1.36. The van der Waals surface area contributed by atoms with Crippen LogP contribution in [0.1, 0.15) is 31.6 Å². The van der Waals surface area contributed by atoms with Crippen LogP contribution in [-0.4, -0.2) is 49.7 Å². The molecule has 6 heteroatoms. The molecule has 0 atom stereocenters. The minimum atomic E-state index is -0.299. The Labute approximate surface area is 136 Å². The van der Waals surface area contributed by atoms with E-state index in [1.165, 1.54) is 7.11 Å². The zero-order valence-corrected chi connectivity index (χ0v) is 14.4. The molecule has 0 unspecified atom stereocenters. The average molecular weight is 327 g/mol. The normalized spacial score (nSPS) is 10.7. The van der Waals surface area contributed by atoms with Gasteiger partial charge in [0.05, 0.1) is 26.1 Å². The molecule has 0 aromatic carbocycles. The fourth-order valence-corrected chi connectivity index (χ4v) is 2.63. The van der Waals surface area contributed by atoms with Gasteiger partial charge in [-0.1, -0.05) is 6.07 Å². The van der Waals surface area contributed by atoms with Gasteiger partial charge in [0.15, 0.2) is 0 Å². The lowest BCUT2D eigenvalue weighted by Gasteiger charge is -2.22. The number of hydrogen-bond acceptors (Lipinski definition) is 5. The molecular weight excluding hydrogens is 302 g/mol. The van der Waals surface area contributed by atoms with Crippen LogP contribution in [-0.2, 0) is 25.5 Å². The summed E-state index contributed by atoms with van der Waals surface area (Å²) in [5.74, 6) is -0.261. The molecule has 1 aromatic heterocycles. The summed E-state index contributed by atoms with van der Waals surface area (Å²) in [5.41, 5.74) is 0. The van der Waals surface area contributed by atoms with Crippen LogP contribution in [0.3, 0.4) is 0 Å². The summed E-state index contributed by atoms with van der Waals surface area (Å²) in [6.45, 7) is 5.55. The van der Waals surface area contributed by atoms with Crippen molar-refractivity contribution in [1.29, 1.82) is 0 Å². The van der Waals surface area contributed by atoms with Crippen molar-refractivity contribution in [3.8, 4) is 0 Å². The predicted molar refractivity (Wildman–Crippen MR) is 86.9 cm³/mol. The number of nitrogens with zero attached hydrogens (tertiary/aromatic N) is 1. The van der Waals surface area contributed by atoms with Crippen LogP contribution >= 0.6 is 11.3 Å². The monoisotopic (exact) mass is 327 g/mol. The lowest BCUT2D eigenvalue weighted by molar-refractivity contribution is -0.141. The number of methoxy groups -OCH3 is 1. The smallest absolute Gasteiger partial charge is 0.307 e. The van der Waals surface area contributed by atoms with Crippen molar-refractivity contribution in [3.05, 3.63) is 22.4 Å². The van der Waals surface area contributed by atoms with Crippen LogP contribution in [0.5, 0.6) is 0 Å². The quantitative estimate of drug-likeness (QED) is 0.489. The van der Waals surface area contributed by atoms with Crippen molar-refractivity contribution in [2.45, 2.75) is 39.2 Å². The number of carbonyl (C=O) groups is 2. The van der Waals surface area contributed by atoms with E-state index in [0.717, 1.165) is 11.3 Å². The van der Waals surface area contributed by atoms with Crippen molar-refractivity contribution in [2.24, 2.45) is 0 Å². The third-order valence-corrected chi connectivity index (χ3v) is 3.97. The first-order valence-corrected chi connectivity index (χ1v) is 8.39. The van der Waals surface area contributed by atoms with E-state index in [4.69, 9.17) is 4.74 Å². The molecule has 5 nitrogen and oxygen atoms in total. The van der Waals surface area contributed by atoms with E-state index in [2.05, 4.69) is 4.74 Å². The van der Waals surface area contributed by atoms with E-state index >= 15 is 0 Å². The highest BCUT2D eigenvalue weighted by Crippen LogP contribution is 2.11. The molecule has 1 amide bonds. The van der Waals surface area contributed by atoms with Crippen LogP contribution in [0, 0.1) is 0 Å². The van der Waals surface area contributed by atoms with Gasteiger partial charge in [-0.05, 0) is 31.7 Å². The summed E-state index contributed by atoms with van der Waals surface area (Å²) < 4.78 is 10.1. The minimum Gasteiger partial charge on any atom is -0.469 e. The maximum atomic E-state index is 12.4. The molecule has 0 bridgehead atoms. The standard InChI is InChI=1S/C16H25NO4S/c1-13(2)21-10-5-8-17(9-7-16(19)20-3)15(18)12-14-6-4-11-22-14/h4,6,11,13H,5,7-10,12H2,1-3H3. The van der Waals surface area contributed by atoms with Gasteiger partial charge >= 0.3 is 5.97 Å². The molecule has 0 radical (unpaired) electrons. The second-order valence-electron chi connectivity index (χ2n) is 5.24. The fourth-order valence-electron chi connectivity index (χ4n) is 1.94. The highest BCUT2D eigenvalue weighted by Gasteiger charge is 2.16. The second-order valence-corrected chi connectivity index (χ2v) is 6.27. The van der Waals surface area contributed by atoms with E-state index in [0.29, 0.717) is 26.1 Å². The number of amides is 1. The van der Waals surface area contributed by atoms with E-state index in [1.807, 2.05) is 31.4 Å². The minimum absolute atomic E-state index is 0.0379. The van der Waals surface area contributed by atoms with Gasteiger partial charge in [-0.25, -0.2) is 0 Å². The van der Waals surface area contributed by atoms with Gasteiger partial charge in [0.25, 0.3) is 0 Å². The first-order chi connectivity index (χ1) is 10.5. The molecule has 0 aliphatic carbocycles. The molecule has 0 N–H and O–H groups in total. The van der Waals surface area contributed by atoms with Crippen molar-refractivity contribution in [3.63, 3.8) is 0 Å². The van der Waals surface area contributed by atoms with Gasteiger partial charge in [0, 0.05) is 24.6 Å². The Morgan fingerprint density at radius 3 is 2.68 bits per heavy atom. The molecule has 0 aliphatic rings. The molecular formula is C16H25NO4S. The number of ether oxygens (including phenoxy) is 2. The first-order valence-electron chi connectivity index (χ1n) is 7.51. The van der Waals surface area contributed by atoms with Gasteiger partial charge in [0.2, 0.25) is 5.91 Å². The number of carbonyl (C=O) groups excluding carboxylic acids is 2. The maximum Gasteiger partial charge on any atom is 0.307 e. The molecule has 124 valence electrons. The first kappa shape index (κ1) is 18.6. The van der Waals surface area contributed by atoms with Crippen molar-refractivity contribution >= 4 is 23.2 Å². The Hall–Kier alpha value is -1.40. The van der Waals surface area contributed by atoms with Gasteiger partial charge in [0.1, 0.15) is 0 Å². The Balaban J connectivity index is 2.48. The van der Waals surface area contributed by atoms with Crippen molar-refractivity contribution < 1.29 is 19.1 Å². The van der Waals surface area contributed by atoms with Crippen molar-refractivity contribution in [1.82, 2.24) is 4.90 Å². The van der Waals surface area contributed by atoms with Crippen LogP contribution in [0.15, 0.2) is 17.5 Å². The topological polar surface area (TPSA) is 55.8 Å². The lowest BCUT2D eigenvalue weighted by Crippen LogP contribution is -2.35. The second kappa shape index (κ2) is 10.3. The number of esters is 1. The molecule has 0 fully saturated rings. The predicted octanol–water partition coefficient (Wildman–Crippen LogP) is 2.50. The molecule has 0 spiro atoms. The Morgan fingerprint density at radius 2 is 2.09 bits per heavy atom. The van der Waals surface area contributed by atoms with Gasteiger partial charge < -0.3 is 14.4 Å². The van der Waals surface area contributed by atoms with Crippen molar-refractivity contribution in [2.75, 3.05) is 26.8 Å². The Kier molecular flexibility index (Phi) is 8.77. The van der Waals surface area contributed by atoms with E-state index in [-0.39, 0.29) is 24.4 Å². The largest absolute Gasteiger partial charge is 0.469 e. The van der Waals surface area contributed by atoms with Gasteiger partial charge in [-0.3, -0.25) is 9.59 Å². The molecule has 22 heavy (non-hydrogen) atoms. The summed E-state index contributed by atoms with van der Waals surface area (Å²) >= 11 is 1.57. The summed E-state index contributed by atoms with van der Waals surface area (Å²) in [6, 6.07) is 3.88. The fraction of sp³-hybridized carbons (Fsp3) is 0.625. The van der Waals surface area contributed by atoms with Crippen LogP contribution in [0.25, 0.3) is 0 Å². The Bertz CT molecular complexity index is 445. The highest BCUT2D eigenvalue weighted by molar-refractivity contribution is 7.10. The third kappa shape index (κ3) is 7.56. The molecule has 1 aromatic rings. The average Bonchev–Trinajstić information content (AvgIpc) is 2.98. The van der Waals surface area contributed by atoms with Crippen LogP contribution in [0.4, 0.5) is 0 Å². The summed E-state index contributed by atoms with van der Waals surface area (Å²) in [4.78, 5) is 26.4. The summed E-state index contributed by atoms with van der Waals surface area (Å²) in [5, 5.41) is 1.96. The third-order valence-electron chi connectivity index (χ3n) is 3.10. The number of hydrogen-bond donors (Lipinski definition) is 0. The highest BCUT2D eigenvalue weighted by atomic mass is 32.1. The molecule has 0 saturated carbocycles. The zero-order valence-electron chi connectivity index (χ0n) is 13.5. The molecule has 0 saturated heterocycles. The maximum absolute atomic E-state index is 12.4. The Morgan fingerprint density at radius 1 is 1.32 bits per heavy atom. The molecule has 1 heterocycles. The lowest BCUT2D eigenvalue weighted by atomic mass is 10.2. The van der Waals surface area contributed by atoms with Crippen LogP contribution in [0.2, 0.25) is 0 Å². The van der Waals surface area contributed by atoms with Crippen LogP contribution < -0.4 is 0 Å². The number of thiophene rings is 1. The molecule has 1 rings (SSSR count). The van der Waals surface area contributed by atoms with Gasteiger partial charge in [-0.15, -0.1) is 11.3 Å². The van der Waals surface area contributed by atoms with E-state index in [9.17, 15) is 9.59 Å². The summed E-state index contributed by atoms with van der Waals surface area (Å²) in [6.07, 6.45) is 1.54. The zero-order chi connectivity index (χ0) is 16.4. The SMILES string of the molecule is COC(=O)CCN(CCCOC(C)C)C(=O)Cc1cccs1.